The average Bonchev–Trinajstić information content (AvgIpc) is 2.58. The van der Waals surface area contributed by atoms with Crippen molar-refractivity contribution in [2.75, 3.05) is 5.32 Å². The van der Waals surface area contributed by atoms with Crippen molar-refractivity contribution in [1.82, 2.24) is 0 Å². The first kappa shape index (κ1) is 14.9. The van der Waals surface area contributed by atoms with Gasteiger partial charge in [0.05, 0.1) is 0 Å². The molecule has 0 saturated heterocycles. The van der Waals surface area contributed by atoms with Crippen LogP contribution < -0.4 is 5.32 Å². The van der Waals surface area contributed by atoms with Crippen LogP contribution in [0.4, 0.5) is 5.69 Å². The number of phenols is 1. The molecule has 0 aliphatic rings. The minimum atomic E-state index is -0.168. The van der Waals surface area contributed by atoms with E-state index in [1.807, 2.05) is 61.5 Å². The molecule has 0 radical (unpaired) electrons. The largest absolute Gasteiger partial charge is 0.508 e. The molecule has 2 N–H and O–H groups in total. The van der Waals surface area contributed by atoms with Gasteiger partial charge in [0.25, 0.3) is 5.91 Å². The Labute approximate surface area is 135 Å². The Morgan fingerprint density at radius 1 is 0.870 bits per heavy atom. The molecule has 3 nitrogen and oxygen atoms in total. The lowest BCUT2D eigenvalue weighted by Gasteiger charge is -2.09. The van der Waals surface area contributed by atoms with E-state index in [9.17, 15) is 9.90 Å². The quantitative estimate of drug-likeness (QED) is 0.694. The second-order valence-corrected chi connectivity index (χ2v) is 5.40. The maximum atomic E-state index is 12.3. The predicted octanol–water partition coefficient (Wildman–Crippen LogP) is 4.62. The van der Waals surface area contributed by atoms with E-state index in [0.29, 0.717) is 11.3 Å². The van der Waals surface area contributed by atoms with E-state index in [4.69, 9.17) is 0 Å². The van der Waals surface area contributed by atoms with E-state index in [-0.39, 0.29) is 11.7 Å². The molecule has 3 rings (SSSR count). The van der Waals surface area contributed by atoms with Gasteiger partial charge < -0.3 is 10.4 Å². The maximum absolute atomic E-state index is 12.3. The lowest BCUT2D eigenvalue weighted by atomic mass is 10.0. The third-order valence-corrected chi connectivity index (χ3v) is 3.71. The summed E-state index contributed by atoms with van der Waals surface area (Å²) in [5.41, 5.74) is 4.30. The number of benzene rings is 3. The highest BCUT2D eigenvalue weighted by Crippen LogP contribution is 2.22. The number of carbonyl (C=O) groups is 1. The molecule has 0 bridgehead atoms. The molecule has 3 heteroatoms. The molecule has 0 atom stereocenters. The van der Waals surface area contributed by atoms with Crippen LogP contribution in [0.5, 0.6) is 5.75 Å². The summed E-state index contributed by atoms with van der Waals surface area (Å²) in [5.74, 6) is 0.0196. The van der Waals surface area contributed by atoms with Gasteiger partial charge in [-0.1, -0.05) is 42.5 Å². The molecule has 1 amide bonds. The van der Waals surface area contributed by atoms with Gasteiger partial charge in [-0.15, -0.1) is 0 Å². The minimum Gasteiger partial charge on any atom is -0.508 e. The van der Waals surface area contributed by atoms with Crippen molar-refractivity contribution < 1.29 is 9.90 Å². The molecule has 0 aromatic heterocycles. The molecule has 23 heavy (non-hydrogen) atoms. The number of anilines is 1. The monoisotopic (exact) mass is 303 g/mol. The van der Waals surface area contributed by atoms with Crippen molar-refractivity contribution in [3.8, 4) is 16.9 Å². The number of carbonyl (C=O) groups excluding carboxylic acids is 1. The summed E-state index contributed by atoms with van der Waals surface area (Å²) in [6.45, 7) is 1.84. The number of phenolic OH excluding ortho intramolecular Hbond substituents is 1. The van der Waals surface area contributed by atoms with Gasteiger partial charge in [0.2, 0.25) is 0 Å². The van der Waals surface area contributed by atoms with Crippen molar-refractivity contribution in [2.45, 2.75) is 6.92 Å². The first-order valence-electron chi connectivity index (χ1n) is 7.40. The second-order valence-electron chi connectivity index (χ2n) is 5.40. The topological polar surface area (TPSA) is 49.3 Å². The highest BCUT2D eigenvalue weighted by molar-refractivity contribution is 6.04. The summed E-state index contributed by atoms with van der Waals surface area (Å²) < 4.78 is 0. The van der Waals surface area contributed by atoms with Crippen LogP contribution >= 0.6 is 0 Å². The third kappa shape index (κ3) is 3.40. The van der Waals surface area contributed by atoms with Crippen LogP contribution in [0.3, 0.4) is 0 Å². The van der Waals surface area contributed by atoms with Gasteiger partial charge in [-0.2, -0.15) is 0 Å². The Morgan fingerprint density at radius 3 is 2.17 bits per heavy atom. The first-order valence-corrected chi connectivity index (χ1v) is 7.40. The van der Waals surface area contributed by atoms with Gasteiger partial charge in [-0.3, -0.25) is 4.79 Å². The SMILES string of the molecule is Cc1cc(O)ccc1NC(=O)c1ccc(-c2ccccc2)cc1. The van der Waals surface area contributed by atoms with Gasteiger partial charge in [-0.25, -0.2) is 0 Å². The highest BCUT2D eigenvalue weighted by atomic mass is 16.3. The van der Waals surface area contributed by atoms with Crippen molar-refractivity contribution in [2.24, 2.45) is 0 Å². The van der Waals surface area contributed by atoms with E-state index in [1.54, 1.807) is 18.2 Å². The summed E-state index contributed by atoms with van der Waals surface area (Å²) in [4.78, 5) is 12.3. The van der Waals surface area contributed by atoms with E-state index >= 15 is 0 Å². The Kier molecular flexibility index (Phi) is 4.11. The van der Waals surface area contributed by atoms with E-state index < -0.39 is 0 Å². The smallest absolute Gasteiger partial charge is 0.255 e. The zero-order valence-corrected chi connectivity index (χ0v) is 12.8. The zero-order chi connectivity index (χ0) is 16.2. The Balaban J connectivity index is 1.78. The number of hydrogen-bond donors (Lipinski definition) is 2. The molecule has 0 spiro atoms. The summed E-state index contributed by atoms with van der Waals surface area (Å²) in [6.07, 6.45) is 0. The molecule has 0 heterocycles. The van der Waals surface area contributed by atoms with Gasteiger partial charge >= 0.3 is 0 Å². The van der Waals surface area contributed by atoms with E-state index in [1.165, 1.54) is 0 Å². The van der Waals surface area contributed by atoms with Crippen molar-refractivity contribution in [1.29, 1.82) is 0 Å². The Bertz CT molecular complexity index is 824. The van der Waals surface area contributed by atoms with Gasteiger partial charge in [0.1, 0.15) is 5.75 Å². The molecule has 114 valence electrons. The summed E-state index contributed by atoms with van der Waals surface area (Å²) in [7, 11) is 0. The number of nitrogens with one attached hydrogen (secondary N) is 1. The molecular weight excluding hydrogens is 286 g/mol. The van der Waals surface area contributed by atoms with Crippen LogP contribution in [0.1, 0.15) is 15.9 Å². The van der Waals surface area contributed by atoms with Crippen LogP contribution in [0, 0.1) is 6.92 Å². The van der Waals surface area contributed by atoms with Crippen LogP contribution in [0.15, 0.2) is 72.8 Å². The lowest BCUT2D eigenvalue weighted by Crippen LogP contribution is -2.12. The Morgan fingerprint density at radius 2 is 1.52 bits per heavy atom. The fraction of sp³-hybridized carbons (Fsp3) is 0.0500. The molecule has 0 fully saturated rings. The number of aryl methyl sites for hydroxylation is 1. The van der Waals surface area contributed by atoms with Crippen molar-refractivity contribution in [3.05, 3.63) is 83.9 Å². The minimum absolute atomic E-state index is 0.168. The number of aromatic hydroxyl groups is 1. The fourth-order valence-electron chi connectivity index (χ4n) is 2.43. The third-order valence-electron chi connectivity index (χ3n) is 3.71. The number of amides is 1. The zero-order valence-electron chi connectivity index (χ0n) is 12.8. The molecule has 0 aliphatic heterocycles. The predicted molar refractivity (Wildman–Crippen MR) is 92.7 cm³/mol. The van der Waals surface area contributed by atoms with Gasteiger partial charge in [-0.05, 0) is 53.9 Å². The van der Waals surface area contributed by atoms with Crippen molar-refractivity contribution in [3.63, 3.8) is 0 Å². The van der Waals surface area contributed by atoms with E-state index in [2.05, 4.69) is 5.32 Å². The van der Waals surface area contributed by atoms with Crippen LogP contribution in [-0.2, 0) is 0 Å². The molecule has 0 saturated carbocycles. The lowest BCUT2D eigenvalue weighted by molar-refractivity contribution is 0.102. The maximum Gasteiger partial charge on any atom is 0.255 e. The van der Waals surface area contributed by atoms with Crippen molar-refractivity contribution >= 4 is 11.6 Å². The summed E-state index contributed by atoms with van der Waals surface area (Å²) in [6, 6.07) is 22.4. The normalized spacial score (nSPS) is 10.3. The number of rotatable bonds is 3. The Hall–Kier alpha value is -3.07. The van der Waals surface area contributed by atoms with Crippen LogP contribution in [-0.4, -0.2) is 11.0 Å². The summed E-state index contributed by atoms with van der Waals surface area (Å²) >= 11 is 0. The first-order chi connectivity index (χ1) is 11.1. The second kappa shape index (κ2) is 6.36. The van der Waals surface area contributed by atoms with Gasteiger partial charge in [0.15, 0.2) is 0 Å². The standard InChI is InChI=1S/C20H17NO2/c1-14-13-18(22)11-12-19(14)21-20(23)17-9-7-16(8-10-17)15-5-3-2-4-6-15/h2-13,22H,1H3,(H,21,23). The van der Waals surface area contributed by atoms with Crippen LogP contribution in [0.25, 0.3) is 11.1 Å². The molecule has 0 unspecified atom stereocenters. The molecular formula is C20H17NO2. The van der Waals surface area contributed by atoms with E-state index in [0.717, 1.165) is 16.7 Å². The molecule has 3 aromatic rings. The van der Waals surface area contributed by atoms with Gasteiger partial charge in [0, 0.05) is 11.3 Å². The molecule has 3 aromatic carbocycles. The number of hydrogen-bond acceptors (Lipinski definition) is 2. The van der Waals surface area contributed by atoms with Crippen LogP contribution in [0.2, 0.25) is 0 Å². The average molecular weight is 303 g/mol. The fourth-order valence-corrected chi connectivity index (χ4v) is 2.43. The highest BCUT2D eigenvalue weighted by Gasteiger charge is 2.08. The molecule has 0 aliphatic carbocycles. The summed E-state index contributed by atoms with van der Waals surface area (Å²) in [5, 5.41) is 12.3.